The van der Waals surface area contributed by atoms with Crippen LogP contribution in [0.3, 0.4) is 0 Å². The Labute approximate surface area is 170 Å². The number of carbonyl (C=O) groups excluding carboxylic acids is 1. The number of hydrogen-bond acceptors (Lipinski definition) is 5. The maximum atomic E-state index is 12.2. The Morgan fingerprint density at radius 1 is 1.14 bits per heavy atom. The highest BCUT2D eigenvalue weighted by Gasteiger charge is 2.16. The van der Waals surface area contributed by atoms with Crippen molar-refractivity contribution in [1.82, 2.24) is 4.72 Å². The normalized spacial score (nSPS) is 11.3. The average Bonchev–Trinajstić information content (AvgIpc) is 2.66. The minimum atomic E-state index is -3.65. The van der Waals surface area contributed by atoms with Crippen molar-refractivity contribution >= 4 is 33.2 Å². The van der Waals surface area contributed by atoms with Gasteiger partial charge in [-0.25, -0.2) is 13.1 Å². The van der Waals surface area contributed by atoms with E-state index < -0.39 is 10.0 Å². The summed E-state index contributed by atoms with van der Waals surface area (Å²) in [6.07, 6.45) is 0. The fourth-order valence-electron chi connectivity index (χ4n) is 2.14. The molecule has 0 saturated carbocycles. The van der Waals surface area contributed by atoms with Gasteiger partial charge in [0.15, 0.2) is 6.61 Å². The molecule has 0 unspecified atom stereocenters. The fourth-order valence-corrected chi connectivity index (χ4v) is 3.68. The summed E-state index contributed by atoms with van der Waals surface area (Å²) < 4.78 is 37.4. The van der Waals surface area contributed by atoms with Crippen molar-refractivity contribution < 1.29 is 22.7 Å². The van der Waals surface area contributed by atoms with Gasteiger partial charge in [-0.05, 0) is 48.4 Å². The number of rotatable bonds is 9. The molecule has 2 aromatic carbocycles. The van der Waals surface area contributed by atoms with Gasteiger partial charge in [0.1, 0.15) is 11.5 Å². The molecule has 0 saturated heterocycles. The molecule has 0 spiro atoms. The molecular formula is C19H23ClN2O5S. The summed E-state index contributed by atoms with van der Waals surface area (Å²) in [7, 11) is -2.09. The van der Waals surface area contributed by atoms with Gasteiger partial charge >= 0.3 is 0 Å². The van der Waals surface area contributed by atoms with Gasteiger partial charge < -0.3 is 14.8 Å². The SMILES string of the molecule is COc1ccc(NC(=O)COc2ccc(S(=O)(=O)NCC(C)C)cc2Cl)cc1. The molecule has 0 bridgehead atoms. The molecule has 0 aliphatic rings. The number of carbonyl (C=O) groups is 1. The third-order valence-corrected chi connectivity index (χ3v) is 5.34. The lowest BCUT2D eigenvalue weighted by Gasteiger charge is -2.12. The maximum absolute atomic E-state index is 12.2. The molecule has 0 aliphatic carbocycles. The highest BCUT2D eigenvalue weighted by atomic mass is 35.5. The van der Waals surface area contributed by atoms with E-state index in [2.05, 4.69) is 10.0 Å². The van der Waals surface area contributed by atoms with Gasteiger partial charge in [-0.2, -0.15) is 0 Å². The lowest BCUT2D eigenvalue weighted by molar-refractivity contribution is -0.118. The van der Waals surface area contributed by atoms with Crippen molar-refractivity contribution in [3.8, 4) is 11.5 Å². The molecule has 2 aromatic rings. The lowest BCUT2D eigenvalue weighted by Crippen LogP contribution is -2.27. The van der Waals surface area contributed by atoms with Gasteiger partial charge in [0, 0.05) is 12.2 Å². The molecule has 9 heteroatoms. The Balaban J connectivity index is 1.96. The smallest absolute Gasteiger partial charge is 0.262 e. The molecule has 2 N–H and O–H groups in total. The molecule has 0 heterocycles. The molecule has 0 radical (unpaired) electrons. The lowest BCUT2D eigenvalue weighted by atomic mass is 10.2. The van der Waals surface area contributed by atoms with E-state index in [9.17, 15) is 13.2 Å². The van der Waals surface area contributed by atoms with Gasteiger partial charge in [0.05, 0.1) is 17.0 Å². The molecule has 7 nitrogen and oxygen atoms in total. The quantitative estimate of drug-likeness (QED) is 0.641. The Kier molecular flexibility index (Phi) is 7.68. The van der Waals surface area contributed by atoms with Gasteiger partial charge in [0.2, 0.25) is 10.0 Å². The van der Waals surface area contributed by atoms with E-state index in [4.69, 9.17) is 21.1 Å². The number of anilines is 1. The van der Waals surface area contributed by atoms with E-state index in [-0.39, 0.29) is 34.1 Å². The summed E-state index contributed by atoms with van der Waals surface area (Å²) in [5.74, 6) is 0.696. The van der Waals surface area contributed by atoms with Crippen LogP contribution in [0.15, 0.2) is 47.4 Å². The van der Waals surface area contributed by atoms with Crippen LogP contribution in [0.5, 0.6) is 11.5 Å². The molecule has 1 amide bonds. The summed E-state index contributed by atoms with van der Waals surface area (Å²) in [6, 6.07) is 10.9. The van der Waals surface area contributed by atoms with Gasteiger partial charge in [-0.3, -0.25) is 4.79 Å². The van der Waals surface area contributed by atoms with Gasteiger partial charge in [-0.1, -0.05) is 25.4 Å². The Hall–Kier alpha value is -2.29. The molecule has 0 atom stereocenters. The van der Waals surface area contributed by atoms with E-state index in [0.717, 1.165) is 0 Å². The number of amides is 1. The summed E-state index contributed by atoms with van der Waals surface area (Å²) in [5.41, 5.74) is 0.596. The zero-order valence-corrected chi connectivity index (χ0v) is 17.4. The first-order valence-corrected chi connectivity index (χ1v) is 10.4. The average molecular weight is 427 g/mol. The summed E-state index contributed by atoms with van der Waals surface area (Å²) in [5, 5.41) is 2.78. The Morgan fingerprint density at radius 3 is 2.39 bits per heavy atom. The second-order valence-electron chi connectivity index (χ2n) is 6.40. The van der Waals surface area contributed by atoms with Crippen molar-refractivity contribution in [3.63, 3.8) is 0 Å². The number of nitrogens with one attached hydrogen (secondary N) is 2. The topological polar surface area (TPSA) is 93.7 Å². The molecule has 2 rings (SSSR count). The van der Waals surface area contributed by atoms with E-state index in [1.54, 1.807) is 31.4 Å². The van der Waals surface area contributed by atoms with Crippen LogP contribution in [0.25, 0.3) is 0 Å². The largest absolute Gasteiger partial charge is 0.497 e. The second kappa shape index (κ2) is 9.77. The zero-order chi connectivity index (χ0) is 20.7. The number of halogens is 1. The third kappa shape index (κ3) is 6.40. The Bertz CT molecular complexity index is 914. The fraction of sp³-hybridized carbons (Fsp3) is 0.316. The van der Waals surface area contributed by atoms with Crippen LogP contribution in [0.1, 0.15) is 13.8 Å². The zero-order valence-electron chi connectivity index (χ0n) is 15.9. The standard InChI is InChI=1S/C19H23ClN2O5S/c1-13(2)11-21-28(24,25)16-8-9-18(17(20)10-16)27-12-19(23)22-14-4-6-15(26-3)7-5-14/h4-10,13,21H,11-12H2,1-3H3,(H,22,23). The first kappa shape index (κ1) is 22.0. The number of hydrogen-bond donors (Lipinski definition) is 2. The first-order valence-electron chi connectivity index (χ1n) is 8.57. The molecule has 0 fully saturated rings. The molecule has 152 valence electrons. The van der Waals surface area contributed by atoms with E-state index >= 15 is 0 Å². The Morgan fingerprint density at radius 2 is 1.82 bits per heavy atom. The van der Waals surface area contributed by atoms with Crippen LogP contribution < -0.4 is 19.5 Å². The highest BCUT2D eigenvalue weighted by Crippen LogP contribution is 2.27. The van der Waals surface area contributed by atoms with Crippen LogP contribution in [0.2, 0.25) is 5.02 Å². The van der Waals surface area contributed by atoms with Crippen molar-refractivity contribution in [3.05, 3.63) is 47.5 Å². The predicted octanol–water partition coefficient (Wildman–Crippen LogP) is 3.30. The van der Waals surface area contributed by atoms with Crippen LogP contribution in [-0.2, 0) is 14.8 Å². The summed E-state index contributed by atoms with van der Waals surface area (Å²) in [4.78, 5) is 12.0. The van der Waals surface area contributed by atoms with Crippen LogP contribution >= 0.6 is 11.6 Å². The van der Waals surface area contributed by atoms with Crippen molar-refractivity contribution in [2.75, 3.05) is 25.6 Å². The second-order valence-corrected chi connectivity index (χ2v) is 8.58. The van der Waals surface area contributed by atoms with Crippen molar-refractivity contribution in [2.45, 2.75) is 18.7 Å². The molecule has 0 aliphatic heterocycles. The summed E-state index contributed by atoms with van der Waals surface area (Å²) >= 11 is 6.11. The molecule has 28 heavy (non-hydrogen) atoms. The maximum Gasteiger partial charge on any atom is 0.262 e. The summed E-state index contributed by atoms with van der Waals surface area (Å²) in [6.45, 7) is 3.86. The monoisotopic (exact) mass is 426 g/mol. The van der Waals surface area contributed by atoms with Gasteiger partial charge in [0.25, 0.3) is 5.91 Å². The number of methoxy groups -OCH3 is 1. The third-order valence-electron chi connectivity index (χ3n) is 3.63. The van der Waals surface area contributed by atoms with E-state index in [1.807, 2.05) is 13.8 Å². The molecular weight excluding hydrogens is 404 g/mol. The first-order chi connectivity index (χ1) is 13.2. The highest BCUT2D eigenvalue weighted by molar-refractivity contribution is 7.89. The number of ether oxygens (including phenoxy) is 2. The predicted molar refractivity (Wildman–Crippen MR) is 109 cm³/mol. The van der Waals surface area contributed by atoms with Crippen molar-refractivity contribution in [1.29, 1.82) is 0 Å². The minimum Gasteiger partial charge on any atom is -0.497 e. The number of benzene rings is 2. The van der Waals surface area contributed by atoms with Crippen LogP contribution in [0.4, 0.5) is 5.69 Å². The van der Waals surface area contributed by atoms with Crippen LogP contribution in [0, 0.1) is 5.92 Å². The number of sulfonamides is 1. The van der Waals surface area contributed by atoms with Gasteiger partial charge in [-0.15, -0.1) is 0 Å². The van der Waals surface area contributed by atoms with Crippen LogP contribution in [-0.4, -0.2) is 34.6 Å². The van der Waals surface area contributed by atoms with E-state index in [0.29, 0.717) is 18.0 Å². The molecule has 0 aromatic heterocycles. The minimum absolute atomic E-state index is 0.0354. The van der Waals surface area contributed by atoms with E-state index in [1.165, 1.54) is 18.2 Å². The van der Waals surface area contributed by atoms with Crippen molar-refractivity contribution in [2.24, 2.45) is 5.92 Å².